The molecule has 0 atom stereocenters. The number of hydrogen-bond acceptors (Lipinski definition) is 2. The molecule has 224 valence electrons. The molecule has 0 unspecified atom stereocenters. The molecule has 0 bridgehead atoms. The average Bonchev–Trinajstić information content (AvgIpc) is 3.64. The molecule has 0 aliphatic heterocycles. The summed E-state index contributed by atoms with van der Waals surface area (Å²) in [5.74, 6) is 0. The van der Waals surface area contributed by atoms with Gasteiger partial charge in [-0.2, -0.15) is 0 Å². The summed E-state index contributed by atoms with van der Waals surface area (Å²) in [6.07, 6.45) is 6.47. The molecule has 47 heavy (non-hydrogen) atoms. The monoisotopic (exact) mass is 606 g/mol. The molecule has 0 radical (unpaired) electrons. The van der Waals surface area contributed by atoms with Gasteiger partial charge in [0, 0.05) is 38.8 Å². The van der Waals surface area contributed by atoms with Crippen LogP contribution in [-0.4, -0.2) is 26.3 Å². The number of para-hydroxylation sites is 1. The van der Waals surface area contributed by atoms with Crippen molar-refractivity contribution in [3.05, 3.63) is 157 Å². The molecule has 1 aliphatic carbocycles. The molecule has 9 rings (SSSR count). The van der Waals surface area contributed by atoms with Crippen LogP contribution in [0.2, 0.25) is 0 Å². The lowest BCUT2D eigenvalue weighted by Gasteiger charge is -2.14. The lowest BCUT2D eigenvalue weighted by Crippen LogP contribution is -2.29. The van der Waals surface area contributed by atoms with Crippen LogP contribution in [0.3, 0.4) is 0 Å². The van der Waals surface area contributed by atoms with Crippen molar-refractivity contribution in [3.63, 3.8) is 0 Å². The van der Waals surface area contributed by atoms with Crippen molar-refractivity contribution in [1.82, 2.24) is 9.13 Å². The average molecular weight is 607 g/mol. The Hall–Kier alpha value is -5.62. The minimum atomic E-state index is -1.48. The van der Waals surface area contributed by atoms with Crippen LogP contribution in [0.5, 0.6) is 0 Å². The normalized spacial score (nSPS) is 12.6. The van der Waals surface area contributed by atoms with E-state index in [4.69, 9.17) is 0 Å². The zero-order valence-corrected chi connectivity index (χ0v) is 25.7. The van der Waals surface area contributed by atoms with Crippen LogP contribution in [0.4, 0.5) is 0 Å². The highest BCUT2D eigenvalue weighted by atomic mass is 16.4. The zero-order valence-electron chi connectivity index (χ0n) is 25.7. The number of aromatic nitrogens is 2. The van der Waals surface area contributed by atoms with E-state index in [1.54, 1.807) is 12.1 Å². The standard InChI is InChI=1S/C42H31BN2O2/c46-43(47)32-18-20-34(21-19-32)45-39-14-8-7-13-35(39)36-26-30(16-23-40(36)45)31-17-24-42-38(27-31)37-25-29(28-9-3-1-4-10-28)15-22-41(37)44(42)33-11-5-2-6-12-33/h1-7,9-13,15-27,46-47H,8,14H2. The number of fused-ring (bicyclic) bond motifs is 6. The quantitative estimate of drug-likeness (QED) is 0.193. The molecule has 0 saturated carbocycles. The van der Waals surface area contributed by atoms with Gasteiger partial charge in [-0.15, -0.1) is 0 Å². The molecule has 2 aromatic heterocycles. The van der Waals surface area contributed by atoms with Crippen LogP contribution in [-0.2, 0) is 6.42 Å². The Bertz CT molecular complexity index is 2470. The van der Waals surface area contributed by atoms with E-state index in [0.717, 1.165) is 29.7 Å². The molecule has 4 nitrogen and oxygen atoms in total. The predicted octanol–water partition coefficient (Wildman–Crippen LogP) is 8.70. The molecular weight excluding hydrogens is 575 g/mol. The number of rotatable bonds is 5. The van der Waals surface area contributed by atoms with Crippen LogP contribution < -0.4 is 5.46 Å². The van der Waals surface area contributed by atoms with Crippen LogP contribution in [0.15, 0.2) is 146 Å². The summed E-state index contributed by atoms with van der Waals surface area (Å²) >= 11 is 0. The number of hydrogen-bond donors (Lipinski definition) is 2. The topological polar surface area (TPSA) is 50.3 Å². The van der Waals surface area contributed by atoms with Crippen molar-refractivity contribution < 1.29 is 10.0 Å². The summed E-state index contributed by atoms with van der Waals surface area (Å²) in [5.41, 5.74) is 13.5. The van der Waals surface area contributed by atoms with Gasteiger partial charge in [-0.25, -0.2) is 0 Å². The van der Waals surface area contributed by atoms with Crippen molar-refractivity contribution in [2.45, 2.75) is 12.8 Å². The SMILES string of the molecule is OB(O)c1ccc(-n2c3c(c4cc(-c5ccc6c(c5)c5cc(-c7ccccc7)ccc5n6-c5ccccc5)ccc42)C=CCC3)cc1. The largest absolute Gasteiger partial charge is 0.488 e. The fourth-order valence-electron chi connectivity index (χ4n) is 7.36. The van der Waals surface area contributed by atoms with Gasteiger partial charge in [0.05, 0.1) is 16.6 Å². The molecule has 1 aliphatic rings. The van der Waals surface area contributed by atoms with E-state index in [1.807, 2.05) is 12.1 Å². The van der Waals surface area contributed by atoms with Gasteiger partial charge < -0.3 is 19.2 Å². The second kappa shape index (κ2) is 11.0. The highest BCUT2D eigenvalue weighted by Crippen LogP contribution is 2.39. The van der Waals surface area contributed by atoms with Crippen LogP contribution in [0, 0.1) is 0 Å². The van der Waals surface area contributed by atoms with E-state index >= 15 is 0 Å². The molecular formula is C42H31BN2O2. The summed E-state index contributed by atoms with van der Waals surface area (Å²) in [6.45, 7) is 0. The minimum absolute atomic E-state index is 0.487. The van der Waals surface area contributed by atoms with Crippen molar-refractivity contribution in [3.8, 4) is 33.6 Å². The van der Waals surface area contributed by atoms with Gasteiger partial charge in [-0.3, -0.25) is 0 Å². The second-order valence-electron chi connectivity index (χ2n) is 12.3. The first-order chi connectivity index (χ1) is 23.1. The first kappa shape index (κ1) is 27.7. The molecule has 6 aromatic carbocycles. The first-order valence-corrected chi connectivity index (χ1v) is 16.1. The summed E-state index contributed by atoms with van der Waals surface area (Å²) in [4.78, 5) is 0. The molecule has 0 fully saturated rings. The first-order valence-electron chi connectivity index (χ1n) is 16.1. The Labute approximate surface area is 273 Å². The van der Waals surface area contributed by atoms with Crippen molar-refractivity contribution in [1.29, 1.82) is 0 Å². The zero-order chi connectivity index (χ0) is 31.5. The maximum absolute atomic E-state index is 9.64. The summed E-state index contributed by atoms with van der Waals surface area (Å²) < 4.78 is 4.70. The highest BCUT2D eigenvalue weighted by molar-refractivity contribution is 6.58. The molecule has 8 aromatic rings. The third-order valence-corrected chi connectivity index (χ3v) is 9.61. The summed E-state index contributed by atoms with van der Waals surface area (Å²) in [6, 6.07) is 49.2. The molecule has 0 amide bonds. The molecule has 2 N–H and O–H groups in total. The molecule has 0 saturated heterocycles. The number of allylic oxidation sites excluding steroid dienone is 1. The smallest absolute Gasteiger partial charge is 0.423 e. The number of nitrogens with zero attached hydrogens (tertiary/aromatic N) is 2. The van der Waals surface area contributed by atoms with Gasteiger partial charge in [0.2, 0.25) is 0 Å². The summed E-state index contributed by atoms with van der Waals surface area (Å²) in [7, 11) is -1.48. The lowest BCUT2D eigenvalue weighted by molar-refractivity contribution is 0.426. The van der Waals surface area contributed by atoms with E-state index < -0.39 is 7.12 Å². The van der Waals surface area contributed by atoms with Gasteiger partial charge in [0.1, 0.15) is 0 Å². The van der Waals surface area contributed by atoms with Crippen molar-refractivity contribution >= 4 is 51.4 Å². The van der Waals surface area contributed by atoms with Crippen LogP contribution in [0.1, 0.15) is 17.7 Å². The van der Waals surface area contributed by atoms with E-state index in [0.29, 0.717) is 5.46 Å². The third-order valence-electron chi connectivity index (χ3n) is 9.61. The number of benzene rings is 6. The Morgan fingerprint density at radius 2 is 1.02 bits per heavy atom. The van der Waals surface area contributed by atoms with Crippen LogP contribution in [0.25, 0.3) is 72.4 Å². The fraction of sp³-hybridized carbons (Fsp3) is 0.0476. The molecule has 0 spiro atoms. The predicted molar refractivity (Wildman–Crippen MR) is 196 cm³/mol. The van der Waals surface area contributed by atoms with Gasteiger partial charge in [-0.05, 0) is 101 Å². The lowest BCUT2D eigenvalue weighted by atomic mass is 9.80. The highest BCUT2D eigenvalue weighted by Gasteiger charge is 2.21. The Balaban J connectivity index is 1.23. The van der Waals surface area contributed by atoms with E-state index in [2.05, 4.69) is 137 Å². The van der Waals surface area contributed by atoms with Gasteiger partial charge in [0.15, 0.2) is 0 Å². The molecule has 2 heterocycles. The summed E-state index contributed by atoms with van der Waals surface area (Å²) in [5, 5.41) is 23.0. The third kappa shape index (κ3) is 4.55. The van der Waals surface area contributed by atoms with Crippen molar-refractivity contribution in [2.75, 3.05) is 0 Å². The fourth-order valence-corrected chi connectivity index (χ4v) is 7.36. The van der Waals surface area contributed by atoms with Crippen molar-refractivity contribution in [2.24, 2.45) is 0 Å². The maximum Gasteiger partial charge on any atom is 0.488 e. The van der Waals surface area contributed by atoms with E-state index in [9.17, 15) is 10.0 Å². The van der Waals surface area contributed by atoms with Crippen LogP contribution >= 0.6 is 0 Å². The maximum atomic E-state index is 9.64. The van der Waals surface area contributed by atoms with Gasteiger partial charge >= 0.3 is 7.12 Å². The van der Waals surface area contributed by atoms with E-state index in [1.165, 1.54) is 60.7 Å². The second-order valence-corrected chi connectivity index (χ2v) is 12.3. The molecule has 5 heteroatoms. The van der Waals surface area contributed by atoms with E-state index in [-0.39, 0.29) is 0 Å². The Morgan fingerprint density at radius 3 is 1.64 bits per heavy atom. The van der Waals surface area contributed by atoms with Gasteiger partial charge in [0.25, 0.3) is 0 Å². The minimum Gasteiger partial charge on any atom is -0.423 e. The Kier molecular flexibility index (Phi) is 6.49. The Morgan fingerprint density at radius 1 is 0.489 bits per heavy atom. The van der Waals surface area contributed by atoms with Gasteiger partial charge in [-0.1, -0.05) is 91.0 Å².